The monoisotopic (exact) mass is 254 g/mol. The Morgan fingerprint density at radius 3 is 2.47 bits per heavy atom. The molecule has 2 rings (SSSR count). The molecule has 0 atom stereocenters. The number of benzene rings is 1. The second-order valence-corrected chi connectivity index (χ2v) is 4.72. The number of hydrogen-bond donors (Lipinski definition) is 0. The van der Waals surface area contributed by atoms with Gasteiger partial charge in [0, 0.05) is 0 Å². The van der Waals surface area contributed by atoms with Gasteiger partial charge in [0.05, 0.1) is 12.5 Å². The van der Waals surface area contributed by atoms with Gasteiger partial charge in [0.15, 0.2) is 5.78 Å². The normalized spacial score (nSPS) is 15.7. The van der Waals surface area contributed by atoms with Crippen molar-refractivity contribution in [3.63, 3.8) is 0 Å². The fourth-order valence-electron chi connectivity index (χ4n) is 2.70. The molecular weight excluding hydrogens is 236 g/mol. The van der Waals surface area contributed by atoms with E-state index in [1.807, 2.05) is 24.3 Å². The van der Waals surface area contributed by atoms with Crippen molar-refractivity contribution < 1.29 is 9.53 Å². The molecule has 0 saturated carbocycles. The van der Waals surface area contributed by atoms with Crippen molar-refractivity contribution in [2.75, 3.05) is 7.11 Å². The van der Waals surface area contributed by atoms with E-state index in [4.69, 9.17) is 4.74 Å². The molecule has 1 aliphatic rings. The van der Waals surface area contributed by atoms with Crippen molar-refractivity contribution in [2.24, 2.45) is 0 Å². The lowest BCUT2D eigenvalue weighted by Crippen LogP contribution is -2.36. The van der Waals surface area contributed by atoms with E-state index >= 15 is 0 Å². The van der Waals surface area contributed by atoms with Gasteiger partial charge in [-0.3, -0.25) is 4.79 Å². The van der Waals surface area contributed by atoms with E-state index in [9.17, 15) is 4.79 Å². The van der Waals surface area contributed by atoms with Crippen molar-refractivity contribution in [3.05, 3.63) is 60.7 Å². The van der Waals surface area contributed by atoms with Gasteiger partial charge < -0.3 is 4.74 Å². The Labute approximate surface area is 114 Å². The molecule has 0 aliphatic heterocycles. The average Bonchev–Trinajstić information content (AvgIpc) is 2.43. The number of allylic oxidation sites excluding steroid dienone is 3. The number of methoxy groups -OCH3 is 1. The SMILES string of the molecule is C=CCC1(CC=C)C(=O)C=Cc2cc(OC)ccc21. The van der Waals surface area contributed by atoms with Gasteiger partial charge in [-0.2, -0.15) is 0 Å². The summed E-state index contributed by atoms with van der Waals surface area (Å²) in [6.07, 6.45) is 8.32. The van der Waals surface area contributed by atoms with Crippen LogP contribution in [0, 0.1) is 0 Å². The number of carbonyl (C=O) groups excluding carboxylic acids is 1. The molecule has 2 nitrogen and oxygen atoms in total. The second-order valence-electron chi connectivity index (χ2n) is 4.72. The van der Waals surface area contributed by atoms with Crippen molar-refractivity contribution in [1.29, 1.82) is 0 Å². The molecule has 0 heterocycles. The van der Waals surface area contributed by atoms with E-state index in [-0.39, 0.29) is 5.78 Å². The van der Waals surface area contributed by atoms with E-state index in [2.05, 4.69) is 13.2 Å². The molecule has 1 aromatic rings. The number of hydrogen-bond acceptors (Lipinski definition) is 2. The Hall–Kier alpha value is -2.09. The molecule has 0 fully saturated rings. The predicted molar refractivity (Wildman–Crippen MR) is 78.3 cm³/mol. The Balaban J connectivity index is 2.62. The molecule has 98 valence electrons. The third-order valence-electron chi connectivity index (χ3n) is 3.65. The molecule has 0 spiro atoms. The number of ketones is 1. The van der Waals surface area contributed by atoms with E-state index in [1.165, 1.54) is 0 Å². The molecule has 0 N–H and O–H groups in total. The van der Waals surface area contributed by atoms with Crippen LogP contribution in [0.5, 0.6) is 5.75 Å². The third kappa shape index (κ3) is 2.14. The van der Waals surface area contributed by atoms with Crippen LogP contribution in [0.25, 0.3) is 6.08 Å². The number of ether oxygens (including phenoxy) is 1. The summed E-state index contributed by atoms with van der Waals surface area (Å²) in [6, 6.07) is 5.83. The summed E-state index contributed by atoms with van der Waals surface area (Å²) < 4.78 is 5.24. The van der Waals surface area contributed by atoms with Gasteiger partial charge in [0.25, 0.3) is 0 Å². The van der Waals surface area contributed by atoms with Crippen molar-refractivity contribution in [3.8, 4) is 5.75 Å². The number of rotatable bonds is 5. The first-order valence-corrected chi connectivity index (χ1v) is 6.31. The van der Waals surface area contributed by atoms with Crippen LogP contribution in [-0.4, -0.2) is 12.9 Å². The Morgan fingerprint density at radius 2 is 1.89 bits per heavy atom. The summed E-state index contributed by atoms with van der Waals surface area (Å²) in [6.45, 7) is 7.58. The minimum atomic E-state index is -0.556. The van der Waals surface area contributed by atoms with Crippen LogP contribution in [-0.2, 0) is 10.2 Å². The summed E-state index contributed by atoms with van der Waals surface area (Å²) in [5.74, 6) is 0.911. The highest BCUT2D eigenvalue weighted by molar-refractivity contribution is 6.05. The molecule has 0 aromatic heterocycles. The minimum absolute atomic E-state index is 0.116. The molecule has 19 heavy (non-hydrogen) atoms. The van der Waals surface area contributed by atoms with Crippen LogP contribution >= 0.6 is 0 Å². The average molecular weight is 254 g/mol. The molecule has 0 amide bonds. The number of fused-ring (bicyclic) bond motifs is 1. The third-order valence-corrected chi connectivity index (χ3v) is 3.65. The quantitative estimate of drug-likeness (QED) is 0.749. The summed E-state index contributed by atoms with van der Waals surface area (Å²) in [5.41, 5.74) is 1.50. The van der Waals surface area contributed by atoms with Gasteiger partial charge in [-0.15, -0.1) is 13.2 Å². The Bertz CT molecular complexity index is 542. The van der Waals surface area contributed by atoms with Gasteiger partial charge >= 0.3 is 0 Å². The van der Waals surface area contributed by atoms with Crippen molar-refractivity contribution in [2.45, 2.75) is 18.3 Å². The summed E-state index contributed by atoms with van der Waals surface area (Å²) in [7, 11) is 1.64. The second kappa shape index (κ2) is 5.27. The minimum Gasteiger partial charge on any atom is -0.497 e. The van der Waals surface area contributed by atoms with E-state index in [1.54, 1.807) is 25.3 Å². The lowest BCUT2D eigenvalue weighted by atomic mass is 9.67. The lowest BCUT2D eigenvalue weighted by Gasteiger charge is -2.34. The smallest absolute Gasteiger partial charge is 0.166 e. The van der Waals surface area contributed by atoms with Gasteiger partial charge in [0.2, 0.25) is 0 Å². The first-order valence-electron chi connectivity index (χ1n) is 6.31. The first kappa shape index (κ1) is 13.3. The van der Waals surface area contributed by atoms with Crippen LogP contribution in [0.15, 0.2) is 49.6 Å². The van der Waals surface area contributed by atoms with Crippen LogP contribution in [0.2, 0.25) is 0 Å². The summed E-state index contributed by atoms with van der Waals surface area (Å²) >= 11 is 0. The van der Waals surface area contributed by atoms with E-state index < -0.39 is 5.41 Å². The molecule has 1 aromatic carbocycles. The zero-order valence-electron chi connectivity index (χ0n) is 11.2. The van der Waals surface area contributed by atoms with Gasteiger partial charge in [-0.1, -0.05) is 24.3 Å². The molecule has 0 radical (unpaired) electrons. The first-order chi connectivity index (χ1) is 9.17. The highest BCUT2D eigenvalue weighted by Crippen LogP contribution is 2.40. The highest BCUT2D eigenvalue weighted by atomic mass is 16.5. The summed E-state index contributed by atoms with van der Waals surface area (Å²) in [4.78, 5) is 12.4. The zero-order chi connectivity index (χ0) is 13.9. The Morgan fingerprint density at radius 1 is 1.21 bits per heavy atom. The fourth-order valence-corrected chi connectivity index (χ4v) is 2.70. The molecule has 1 aliphatic carbocycles. The van der Waals surface area contributed by atoms with Crippen LogP contribution < -0.4 is 4.74 Å². The maximum absolute atomic E-state index is 12.4. The van der Waals surface area contributed by atoms with Gasteiger partial charge in [-0.05, 0) is 42.2 Å². The maximum atomic E-state index is 12.4. The topological polar surface area (TPSA) is 26.3 Å². The van der Waals surface area contributed by atoms with Crippen LogP contribution in [0.1, 0.15) is 24.0 Å². The predicted octanol–water partition coefficient (Wildman–Crippen LogP) is 3.68. The molecular formula is C17H18O2. The summed E-state index contributed by atoms with van der Waals surface area (Å²) in [5, 5.41) is 0. The molecule has 2 heteroatoms. The zero-order valence-corrected chi connectivity index (χ0v) is 11.2. The molecule has 0 unspecified atom stereocenters. The lowest BCUT2D eigenvalue weighted by molar-refractivity contribution is -0.119. The van der Waals surface area contributed by atoms with Crippen molar-refractivity contribution >= 4 is 11.9 Å². The maximum Gasteiger partial charge on any atom is 0.166 e. The largest absolute Gasteiger partial charge is 0.497 e. The highest BCUT2D eigenvalue weighted by Gasteiger charge is 2.39. The fraction of sp³-hybridized carbons (Fsp3) is 0.235. The molecule has 0 saturated heterocycles. The van der Waals surface area contributed by atoms with E-state index in [0.717, 1.165) is 16.9 Å². The standard InChI is InChI=1S/C17H18O2/c1-4-10-17(11-5-2)15-8-7-14(19-3)12-13(15)6-9-16(17)18/h4-9,12H,1-2,10-11H2,3H3. The van der Waals surface area contributed by atoms with Gasteiger partial charge in [0.1, 0.15) is 5.75 Å². The number of carbonyl (C=O) groups is 1. The Kier molecular flexibility index (Phi) is 3.70. The molecule has 0 bridgehead atoms. The van der Waals surface area contributed by atoms with Crippen LogP contribution in [0.3, 0.4) is 0 Å². The van der Waals surface area contributed by atoms with Gasteiger partial charge in [-0.25, -0.2) is 0 Å². The van der Waals surface area contributed by atoms with E-state index in [0.29, 0.717) is 12.8 Å². The van der Waals surface area contributed by atoms with Crippen molar-refractivity contribution in [1.82, 2.24) is 0 Å². The van der Waals surface area contributed by atoms with Crippen LogP contribution in [0.4, 0.5) is 0 Å².